The first-order chi connectivity index (χ1) is 19.8. The van der Waals surface area contributed by atoms with Crippen molar-refractivity contribution < 1.29 is 4.79 Å². The highest BCUT2D eigenvalue weighted by atomic mass is 16.1. The van der Waals surface area contributed by atoms with E-state index in [-0.39, 0.29) is 5.78 Å². The molecule has 0 saturated heterocycles. The number of nitrogens with zero attached hydrogens (tertiary/aromatic N) is 1. The van der Waals surface area contributed by atoms with E-state index < -0.39 is 0 Å². The summed E-state index contributed by atoms with van der Waals surface area (Å²) in [4.78, 5) is 19.2. The highest BCUT2D eigenvalue weighted by molar-refractivity contribution is 6.29. The van der Waals surface area contributed by atoms with Crippen LogP contribution in [0.2, 0.25) is 0 Å². The van der Waals surface area contributed by atoms with Crippen molar-refractivity contribution in [3.63, 3.8) is 0 Å². The third kappa shape index (κ3) is 3.41. The van der Waals surface area contributed by atoms with Crippen molar-refractivity contribution in [2.75, 3.05) is 4.90 Å². The smallest absolute Gasteiger partial charge is 0.196 e. The molecular weight excluding hydrogens is 488 g/mol. The van der Waals surface area contributed by atoms with Gasteiger partial charge in [-0.2, -0.15) is 0 Å². The predicted octanol–water partition coefficient (Wildman–Crippen LogP) is 9.67. The summed E-state index contributed by atoms with van der Waals surface area (Å²) in [7, 11) is 0. The summed E-state index contributed by atoms with van der Waals surface area (Å²) in [5.41, 5.74) is 11.2. The van der Waals surface area contributed by atoms with Crippen LogP contribution in [0.25, 0.3) is 44.1 Å². The van der Waals surface area contributed by atoms with Gasteiger partial charge in [0.1, 0.15) is 0 Å². The lowest BCUT2D eigenvalue weighted by molar-refractivity contribution is 0.104. The van der Waals surface area contributed by atoms with Crippen LogP contribution in [0.5, 0.6) is 0 Å². The van der Waals surface area contributed by atoms with Crippen LogP contribution in [0, 0.1) is 0 Å². The van der Waals surface area contributed by atoms with Crippen LogP contribution < -0.4 is 4.90 Å². The fourth-order valence-electron chi connectivity index (χ4n) is 6.06. The molecule has 8 rings (SSSR count). The van der Waals surface area contributed by atoms with E-state index >= 15 is 0 Å². The Balaban J connectivity index is 1.20. The monoisotopic (exact) mass is 512 g/mol. The van der Waals surface area contributed by atoms with E-state index in [9.17, 15) is 4.79 Å². The summed E-state index contributed by atoms with van der Waals surface area (Å²) in [6.07, 6.45) is 0. The zero-order valence-electron chi connectivity index (χ0n) is 21.6. The van der Waals surface area contributed by atoms with Crippen molar-refractivity contribution in [3.8, 4) is 22.3 Å². The number of carbonyl (C=O) groups excluding carboxylic acids is 1. The van der Waals surface area contributed by atoms with Crippen LogP contribution in [0.3, 0.4) is 0 Å². The van der Waals surface area contributed by atoms with Gasteiger partial charge in [0, 0.05) is 38.9 Å². The van der Waals surface area contributed by atoms with E-state index in [4.69, 9.17) is 0 Å². The van der Waals surface area contributed by atoms with Crippen LogP contribution in [-0.4, -0.2) is 10.8 Å². The minimum absolute atomic E-state index is 0.0972. The molecule has 188 valence electrons. The standard InChI is InChI=1S/C37H24N2O/c40-37-32-14-8-7-13-29(32)30-20-21-31-33-23-25(17-22-34(33)38-36(31)35(30)37)24-15-18-28(19-16-24)39(26-9-3-1-4-10-26)27-11-5-2-6-12-27/h1-23,38H. The Hall–Kier alpha value is -5.41. The van der Waals surface area contributed by atoms with Gasteiger partial charge in [-0.3, -0.25) is 4.79 Å². The maximum Gasteiger partial charge on any atom is 0.196 e. The summed E-state index contributed by atoms with van der Waals surface area (Å²) in [5, 5.41) is 2.20. The van der Waals surface area contributed by atoms with Crippen LogP contribution in [0.1, 0.15) is 15.9 Å². The normalized spacial score (nSPS) is 12.1. The molecule has 0 aliphatic heterocycles. The number of hydrogen-bond acceptors (Lipinski definition) is 2. The van der Waals surface area contributed by atoms with E-state index in [1.165, 1.54) is 0 Å². The molecule has 0 unspecified atom stereocenters. The molecule has 0 amide bonds. The Labute approximate surface area is 232 Å². The van der Waals surface area contributed by atoms with Crippen molar-refractivity contribution in [1.82, 2.24) is 4.98 Å². The van der Waals surface area contributed by atoms with Gasteiger partial charge in [-0.05, 0) is 70.8 Å². The lowest BCUT2D eigenvalue weighted by Gasteiger charge is -2.25. The third-order valence-corrected chi connectivity index (χ3v) is 7.95. The molecule has 0 fully saturated rings. The molecule has 0 atom stereocenters. The first-order valence-electron chi connectivity index (χ1n) is 13.5. The number of fused-ring (bicyclic) bond motifs is 7. The summed E-state index contributed by atoms with van der Waals surface area (Å²) in [6, 6.07) is 48.2. The Kier molecular flexibility index (Phi) is 4.98. The molecule has 1 aromatic heterocycles. The number of nitrogens with one attached hydrogen (secondary N) is 1. The summed E-state index contributed by atoms with van der Waals surface area (Å²) < 4.78 is 0. The Morgan fingerprint density at radius 3 is 1.77 bits per heavy atom. The number of rotatable bonds is 4. The Morgan fingerprint density at radius 1 is 0.475 bits per heavy atom. The summed E-state index contributed by atoms with van der Waals surface area (Å²) >= 11 is 0. The maximum atomic E-state index is 13.3. The van der Waals surface area contributed by atoms with E-state index in [1.54, 1.807) is 0 Å². The highest BCUT2D eigenvalue weighted by Crippen LogP contribution is 2.42. The molecule has 1 heterocycles. The number of aromatic nitrogens is 1. The Morgan fingerprint density at radius 2 is 1.07 bits per heavy atom. The molecule has 0 bridgehead atoms. The maximum absolute atomic E-state index is 13.3. The van der Waals surface area contributed by atoms with Gasteiger partial charge in [0.15, 0.2) is 5.78 Å². The molecule has 1 aliphatic rings. The van der Waals surface area contributed by atoms with E-state index in [0.29, 0.717) is 0 Å². The lowest BCUT2D eigenvalue weighted by atomic mass is 10.00. The van der Waals surface area contributed by atoms with Gasteiger partial charge < -0.3 is 9.88 Å². The van der Waals surface area contributed by atoms with E-state index in [1.807, 2.05) is 36.4 Å². The largest absolute Gasteiger partial charge is 0.354 e. The molecule has 6 aromatic carbocycles. The molecule has 3 nitrogen and oxygen atoms in total. The van der Waals surface area contributed by atoms with Gasteiger partial charge in [0.05, 0.1) is 11.1 Å². The van der Waals surface area contributed by atoms with Gasteiger partial charge in [0.25, 0.3) is 0 Å². The van der Waals surface area contributed by atoms with Gasteiger partial charge in [-0.25, -0.2) is 0 Å². The molecule has 3 heteroatoms. The van der Waals surface area contributed by atoms with Gasteiger partial charge in [-0.1, -0.05) is 91.0 Å². The number of aromatic amines is 1. The van der Waals surface area contributed by atoms with Crippen LogP contribution in [0.15, 0.2) is 140 Å². The number of anilines is 3. The number of carbonyl (C=O) groups is 1. The summed E-state index contributed by atoms with van der Waals surface area (Å²) in [5.74, 6) is 0.0972. The van der Waals surface area contributed by atoms with Crippen molar-refractivity contribution >= 4 is 44.7 Å². The molecular formula is C37H24N2O. The lowest BCUT2D eigenvalue weighted by Crippen LogP contribution is -2.09. The fourth-order valence-corrected chi connectivity index (χ4v) is 6.06. The van der Waals surface area contributed by atoms with Gasteiger partial charge in [0.2, 0.25) is 0 Å². The first kappa shape index (κ1) is 22.6. The zero-order valence-corrected chi connectivity index (χ0v) is 21.6. The molecule has 0 spiro atoms. The van der Waals surface area contributed by atoms with Crippen LogP contribution in [0.4, 0.5) is 17.1 Å². The second-order valence-corrected chi connectivity index (χ2v) is 10.2. The first-order valence-corrected chi connectivity index (χ1v) is 13.5. The molecule has 1 N–H and O–H groups in total. The zero-order chi connectivity index (χ0) is 26.6. The molecule has 7 aromatic rings. The fraction of sp³-hybridized carbons (Fsp3) is 0. The second-order valence-electron chi connectivity index (χ2n) is 10.2. The van der Waals surface area contributed by atoms with Gasteiger partial charge in [-0.15, -0.1) is 0 Å². The van der Waals surface area contributed by atoms with Gasteiger partial charge >= 0.3 is 0 Å². The molecule has 40 heavy (non-hydrogen) atoms. The van der Waals surface area contributed by atoms with Crippen LogP contribution >= 0.6 is 0 Å². The minimum atomic E-state index is 0.0972. The quantitative estimate of drug-likeness (QED) is 0.255. The number of benzene rings is 6. The summed E-state index contributed by atoms with van der Waals surface area (Å²) in [6.45, 7) is 0. The molecule has 0 radical (unpaired) electrons. The third-order valence-electron chi connectivity index (χ3n) is 7.95. The Bertz CT molecular complexity index is 2020. The van der Waals surface area contributed by atoms with Crippen molar-refractivity contribution in [2.45, 2.75) is 0 Å². The topological polar surface area (TPSA) is 36.1 Å². The van der Waals surface area contributed by atoms with E-state index in [2.05, 4.69) is 113 Å². The number of hydrogen-bond donors (Lipinski definition) is 1. The van der Waals surface area contributed by atoms with Crippen molar-refractivity contribution in [1.29, 1.82) is 0 Å². The average Bonchev–Trinajstić information content (AvgIpc) is 3.53. The number of ketones is 1. The van der Waals surface area contributed by atoms with Crippen LogP contribution in [-0.2, 0) is 0 Å². The number of para-hydroxylation sites is 2. The molecule has 0 saturated carbocycles. The van der Waals surface area contributed by atoms with E-state index in [0.717, 1.165) is 72.2 Å². The SMILES string of the molecule is O=C1c2ccccc2-c2ccc3c([nH]c4ccc(-c5ccc(N(c6ccccc6)c6ccccc6)cc5)cc43)c21. The minimum Gasteiger partial charge on any atom is -0.354 e. The van der Waals surface area contributed by atoms with Crippen molar-refractivity contribution in [2.24, 2.45) is 0 Å². The average molecular weight is 513 g/mol. The number of H-pyrrole nitrogens is 1. The predicted molar refractivity (Wildman–Crippen MR) is 165 cm³/mol. The van der Waals surface area contributed by atoms with Crippen molar-refractivity contribution in [3.05, 3.63) is 151 Å². The highest BCUT2D eigenvalue weighted by Gasteiger charge is 2.29. The molecule has 1 aliphatic carbocycles. The second kappa shape index (κ2) is 8.82.